The molecule has 1 unspecified atom stereocenters. The molecule has 0 saturated heterocycles. The molecular weight excluding hydrogens is 242 g/mol. The average Bonchev–Trinajstić information content (AvgIpc) is 2.38. The van der Waals surface area contributed by atoms with Crippen molar-refractivity contribution in [1.82, 2.24) is 5.32 Å². The van der Waals surface area contributed by atoms with Crippen LogP contribution in [0.25, 0.3) is 0 Å². The summed E-state index contributed by atoms with van der Waals surface area (Å²) in [4.78, 5) is 0. The van der Waals surface area contributed by atoms with Crippen molar-refractivity contribution in [3.05, 3.63) is 34.9 Å². The Morgan fingerprint density at radius 1 is 1.22 bits per heavy atom. The quantitative estimate of drug-likeness (QED) is 0.823. The first-order valence-corrected chi connectivity index (χ1v) is 7.52. The van der Waals surface area contributed by atoms with E-state index in [1.807, 2.05) is 12.1 Å². The minimum atomic E-state index is 0.345. The molecule has 2 heteroatoms. The maximum Gasteiger partial charge on any atom is 0.0453 e. The summed E-state index contributed by atoms with van der Waals surface area (Å²) in [6.07, 6.45) is 5.55. The molecule has 1 aromatic rings. The van der Waals surface area contributed by atoms with Crippen LogP contribution in [0.4, 0.5) is 0 Å². The van der Waals surface area contributed by atoms with Crippen LogP contribution in [0.15, 0.2) is 24.3 Å². The van der Waals surface area contributed by atoms with E-state index in [0.29, 0.717) is 6.04 Å². The lowest BCUT2D eigenvalue weighted by Gasteiger charge is -2.27. The molecule has 0 heterocycles. The lowest BCUT2D eigenvalue weighted by molar-refractivity contribution is 0.276. The predicted molar refractivity (Wildman–Crippen MR) is 79.0 cm³/mol. The van der Waals surface area contributed by atoms with Crippen LogP contribution in [0.3, 0.4) is 0 Å². The fraction of sp³-hybridized carbons (Fsp3) is 0.625. The third-order valence-corrected chi connectivity index (χ3v) is 4.56. The van der Waals surface area contributed by atoms with E-state index in [4.69, 9.17) is 11.6 Å². The van der Waals surface area contributed by atoms with E-state index in [1.165, 1.54) is 31.2 Å². The predicted octanol–water partition coefficient (Wildman–Crippen LogP) is 4.82. The Hall–Kier alpha value is -0.530. The maximum atomic E-state index is 6.22. The van der Waals surface area contributed by atoms with Crippen LogP contribution in [0.1, 0.15) is 51.1 Å². The lowest BCUT2D eigenvalue weighted by Crippen LogP contribution is -2.28. The fourth-order valence-corrected chi connectivity index (χ4v) is 3.11. The Bertz CT molecular complexity index is 369. The van der Waals surface area contributed by atoms with E-state index in [0.717, 1.165) is 23.4 Å². The van der Waals surface area contributed by atoms with Crippen molar-refractivity contribution in [1.29, 1.82) is 0 Å². The van der Waals surface area contributed by atoms with Gasteiger partial charge in [0.15, 0.2) is 0 Å². The molecule has 0 radical (unpaired) electrons. The van der Waals surface area contributed by atoms with Gasteiger partial charge in [-0.1, -0.05) is 49.6 Å². The minimum Gasteiger partial charge on any atom is -0.310 e. The van der Waals surface area contributed by atoms with Gasteiger partial charge in [-0.2, -0.15) is 0 Å². The molecule has 100 valence electrons. The van der Waals surface area contributed by atoms with Crippen molar-refractivity contribution in [3.63, 3.8) is 0 Å². The van der Waals surface area contributed by atoms with Gasteiger partial charge in [0, 0.05) is 11.1 Å². The molecule has 18 heavy (non-hydrogen) atoms. The zero-order chi connectivity index (χ0) is 13.0. The monoisotopic (exact) mass is 265 g/mol. The molecule has 0 aliphatic heterocycles. The molecule has 1 fully saturated rings. The number of hydrogen-bond acceptors (Lipinski definition) is 1. The van der Waals surface area contributed by atoms with Gasteiger partial charge in [0.05, 0.1) is 0 Å². The van der Waals surface area contributed by atoms with Crippen LogP contribution in [0.5, 0.6) is 0 Å². The minimum absolute atomic E-state index is 0.345. The summed E-state index contributed by atoms with van der Waals surface area (Å²) in [7, 11) is 0. The highest BCUT2D eigenvalue weighted by molar-refractivity contribution is 6.31. The zero-order valence-corrected chi connectivity index (χ0v) is 12.2. The molecule has 1 aliphatic carbocycles. The van der Waals surface area contributed by atoms with Crippen molar-refractivity contribution >= 4 is 11.6 Å². The number of rotatable bonds is 4. The van der Waals surface area contributed by atoms with E-state index < -0.39 is 0 Å². The van der Waals surface area contributed by atoms with Crippen molar-refractivity contribution in [2.75, 3.05) is 6.54 Å². The Labute approximate surface area is 116 Å². The summed E-state index contributed by atoms with van der Waals surface area (Å²) in [5.41, 5.74) is 1.21. The fourth-order valence-electron chi connectivity index (χ4n) is 2.81. The second-order valence-electron chi connectivity index (χ2n) is 5.78. The second-order valence-corrected chi connectivity index (χ2v) is 6.18. The first-order valence-electron chi connectivity index (χ1n) is 7.14. The topological polar surface area (TPSA) is 12.0 Å². The smallest absolute Gasteiger partial charge is 0.0453 e. The van der Waals surface area contributed by atoms with Crippen LogP contribution in [-0.2, 0) is 0 Å². The molecule has 2 rings (SSSR count). The Balaban J connectivity index is 1.81. The molecular formula is C16H24ClN. The van der Waals surface area contributed by atoms with Gasteiger partial charge in [0.2, 0.25) is 0 Å². The van der Waals surface area contributed by atoms with Gasteiger partial charge < -0.3 is 5.32 Å². The van der Waals surface area contributed by atoms with Gasteiger partial charge >= 0.3 is 0 Å². The summed E-state index contributed by atoms with van der Waals surface area (Å²) < 4.78 is 0. The Kier molecular flexibility index (Phi) is 5.08. The molecule has 0 amide bonds. The zero-order valence-electron chi connectivity index (χ0n) is 11.5. The van der Waals surface area contributed by atoms with Crippen LogP contribution in [0.2, 0.25) is 5.02 Å². The maximum absolute atomic E-state index is 6.22. The number of hydrogen-bond donors (Lipinski definition) is 1. The summed E-state index contributed by atoms with van der Waals surface area (Å²) in [5.74, 6) is 1.79. The molecule has 1 aromatic carbocycles. The molecule has 1 aliphatic rings. The summed E-state index contributed by atoms with van der Waals surface area (Å²) in [6.45, 7) is 5.70. The van der Waals surface area contributed by atoms with Crippen molar-refractivity contribution in [3.8, 4) is 0 Å². The molecule has 1 nitrogen and oxygen atoms in total. The highest BCUT2D eigenvalue weighted by atomic mass is 35.5. The van der Waals surface area contributed by atoms with E-state index in [1.54, 1.807) is 0 Å². The molecule has 0 spiro atoms. The summed E-state index contributed by atoms with van der Waals surface area (Å²) in [5, 5.41) is 4.51. The normalized spacial score (nSPS) is 25.9. The third-order valence-electron chi connectivity index (χ3n) is 4.22. The third kappa shape index (κ3) is 3.73. The number of halogens is 1. The average molecular weight is 266 g/mol. The Morgan fingerprint density at radius 3 is 2.56 bits per heavy atom. The molecule has 1 saturated carbocycles. The standard InChI is InChI=1S/C16H24ClN/c1-12-7-9-14(10-8-12)11-18-13(2)15-5-3-4-6-16(15)17/h3-6,12-14,18H,7-11H2,1-2H3. The number of benzene rings is 1. The van der Waals surface area contributed by atoms with Crippen molar-refractivity contribution in [2.24, 2.45) is 11.8 Å². The summed E-state index contributed by atoms with van der Waals surface area (Å²) >= 11 is 6.22. The van der Waals surface area contributed by atoms with Gasteiger partial charge in [-0.15, -0.1) is 0 Å². The van der Waals surface area contributed by atoms with Gasteiger partial charge in [-0.05, 0) is 49.8 Å². The second kappa shape index (κ2) is 6.58. The first-order chi connectivity index (χ1) is 8.66. The van der Waals surface area contributed by atoms with E-state index in [9.17, 15) is 0 Å². The molecule has 1 atom stereocenters. The Morgan fingerprint density at radius 2 is 1.89 bits per heavy atom. The summed E-state index contributed by atoms with van der Waals surface area (Å²) in [6, 6.07) is 8.47. The van der Waals surface area contributed by atoms with Crippen LogP contribution >= 0.6 is 11.6 Å². The highest BCUT2D eigenvalue weighted by Crippen LogP contribution is 2.28. The largest absolute Gasteiger partial charge is 0.310 e. The SMILES string of the molecule is CC1CCC(CNC(C)c2ccccc2Cl)CC1. The van der Waals surface area contributed by atoms with Crippen LogP contribution in [0, 0.1) is 11.8 Å². The van der Waals surface area contributed by atoms with Gasteiger partial charge in [-0.3, -0.25) is 0 Å². The first kappa shape index (κ1) is 13.9. The highest BCUT2D eigenvalue weighted by Gasteiger charge is 2.19. The van der Waals surface area contributed by atoms with Crippen LogP contribution in [-0.4, -0.2) is 6.54 Å². The van der Waals surface area contributed by atoms with E-state index in [2.05, 4.69) is 31.3 Å². The molecule has 0 aromatic heterocycles. The molecule has 0 bridgehead atoms. The lowest BCUT2D eigenvalue weighted by atomic mass is 9.83. The van der Waals surface area contributed by atoms with Gasteiger partial charge in [0.25, 0.3) is 0 Å². The van der Waals surface area contributed by atoms with E-state index >= 15 is 0 Å². The van der Waals surface area contributed by atoms with E-state index in [-0.39, 0.29) is 0 Å². The molecule has 1 N–H and O–H groups in total. The van der Waals surface area contributed by atoms with Crippen molar-refractivity contribution < 1.29 is 0 Å². The number of nitrogens with one attached hydrogen (secondary N) is 1. The van der Waals surface area contributed by atoms with Gasteiger partial charge in [0.1, 0.15) is 0 Å². The van der Waals surface area contributed by atoms with Gasteiger partial charge in [-0.25, -0.2) is 0 Å². The van der Waals surface area contributed by atoms with Crippen molar-refractivity contribution in [2.45, 2.75) is 45.6 Å². The van der Waals surface area contributed by atoms with Crippen LogP contribution < -0.4 is 5.32 Å².